The molecular formula is C16H18N2O2S. The van der Waals surface area contributed by atoms with E-state index in [1.807, 2.05) is 43.3 Å². The highest BCUT2D eigenvalue weighted by Gasteiger charge is 2.08. The zero-order valence-electron chi connectivity index (χ0n) is 12.1. The molecule has 0 radical (unpaired) electrons. The van der Waals surface area contributed by atoms with Crippen molar-refractivity contribution >= 4 is 29.0 Å². The van der Waals surface area contributed by atoms with Crippen LogP contribution in [0.5, 0.6) is 5.75 Å². The molecule has 0 aliphatic carbocycles. The average Bonchev–Trinajstić information content (AvgIpc) is 2.49. The number of carbonyl (C=O) groups is 1. The summed E-state index contributed by atoms with van der Waals surface area (Å²) in [5.74, 6) is 1.06. The number of thioether (sulfide) groups is 1. The molecule has 4 nitrogen and oxygen atoms in total. The lowest BCUT2D eigenvalue weighted by Crippen LogP contribution is -2.16. The Balaban J connectivity index is 1.92. The minimum atomic E-state index is -0.0724. The minimum Gasteiger partial charge on any atom is -0.497 e. The number of hydrogen-bond donors (Lipinski definition) is 2. The first-order valence-electron chi connectivity index (χ1n) is 6.52. The molecule has 21 heavy (non-hydrogen) atoms. The van der Waals surface area contributed by atoms with Crippen LogP contribution in [0, 0.1) is 6.92 Å². The first kappa shape index (κ1) is 15.3. The van der Waals surface area contributed by atoms with Gasteiger partial charge in [-0.15, -0.1) is 11.8 Å². The van der Waals surface area contributed by atoms with Crippen molar-refractivity contribution < 1.29 is 9.53 Å². The van der Waals surface area contributed by atoms with E-state index >= 15 is 0 Å². The molecule has 1 amide bonds. The van der Waals surface area contributed by atoms with Crippen molar-refractivity contribution in [1.29, 1.82) is 0 Å². The van der Waals surface area contributed by atoms with E-state index in [1.165, 1.54) is 11.8 Å². The number of carbonyl (C=O) groups excluding carboxylic acids is 1. The van der Waals surface area contributed by atoms with Gasteiger partial charge in [0.25, 0.3) is 0 Å². The number of anilines is 2. The summed E-state index contributed by atoms with van der Waals surface area (Å²) in [4.78, 5) is 13.0. The smallest absolute Gasteiger partial charge is 0.234 e. The lowest BCUT2D eigenvalue weighted by Gasteiger charge is -2.11. The molecule has 2 rings (SSSR count). The predicted octanol–water partition coefficient (Wildman–Crippen LogP) is 3.32. The molecule has 0 heterocycles. The maximum Gasteiger partial charge on any atom is 0.234 e. The van der Waals surface area contributed by atoms with E-state index in [0.29, 0.717) is 17.1 Å². The number of benzene rings is 2. The van der Waals surface area contributed by atoms with Gasteiger partial charge in [-0.3, -0.25) is 4.79 Å². The quantitative estimate of drug-likeness (QED) is 0.657. The number of methoxy groups -OCH3 is 1. The van der Waals surface area contributed by atoms with Crippen LogP contribution in [-0.4, -0.2) is 18.8 Å². The van der Waals surface area contributed by atoms with Crippen LogP contribution in [-0.2, 0) is 4.79 Å². The van der Waals surface area contributed by atoms with Gasteiger partial charge in [-0.1, -0.05) is 12.1 Å². The summed E-state index contributed by atoms with van der Waals surface area (Å²) in [6, 6.07) is 13.2. The van der Waals surface area contributed by atoms with Gasteiger partial charge in [0.15, 0.2) is 0 Å². The molecular weight excluding hydrogens is 284 g/mol. The number of amides is 1. The van der Waals surface area contributed by atoms with Crippen LogP contribution < -0.4 is 15.8 Å². The lowest BCUT2D eigenvalue weighted by atomic mass is 10.1. The number of nitrogens with one attached hydrogen (secondary N) is 1. The highest BCUT2D eigenvalue weighted by molar-refractivity contribution is 8.00. The second-order valence-corrected chi connectivity index (χ2v) is 5.60. The molecule has 0 aliphatic rings. The van der Waals surface area contributed by atoms with Gasteiger partial charge in [0.1, 0.15) is 5.75 Å². The fourth-order valence-corrected chi connectivity index (χ4v) is 2.56. The van der Waals surface area contributed by atoms with Gasteiger partial charge in [-0.2, -0.15) is 0 Å². The zero-order chi connectivity index (χ0) is 15.2. The first-order chi connectivity index (χ1) is 10.1. The Labute approximate surface area is 128 Å². The summed E-state index contributed by atoms with van der Waals surface area (Å²) in [7, 11) is 1.63. The Bertz CT molecular complexity index is 606. The first-order valence-corrected chi connectivity index (χ1v) is 7.50. The van der Waals surface area contributed by atoms with E-state index in [1.54, 1.807) is 13.2 Å². The molecule has 0 atom stereocenters. The third-order valence-electron chi connectivity index (χ3n) is 3.00. The van der Waals surface area contributed by atoms with E-state index in [4.69, 9.17) is 10.5 Å². The summed E-state index contributed by atoms with van der Waals surface area (Å²) >= 11 is 1.47. The summed E-state index contributed by atoms with van der Waals surface area (Å²) in [6.07, 6.45) is 0. The van der Waals surface area contributed by atoms with E-state index in [2.05, 4.69) is 5.32 Å². The molecule has 0 spiro atoms. The Kier molecular flexibility index (Phi) is 5.11. The summed E-state index contributed by atoms with van der Waals surface area (Å²) < 4.78 is 5.10. The van der Waals surface area contributed by atoms with Crippen molar-refractivity contribution in [3.05, 3.63) is 48.0 Å². The third kappa shape index (κ3) is 4.16. The van der Waals surface area contributed by atoms with Crippen molar-refractivity contribution in [3.63, 3.8) is 0 Å². The zero-order valence-corrected chi connectivity index (χ0v) is 12.9. The second-order valence-electron chi connectivity index (χ2n) is 4.55. The van der Waals surface area contributed by atoms with Gasteiger partial charge in [-0.05, 0) is 42.8 Å². The number of hydrogen-bond acceptors (Lipinski definition) is 4. The molecule has 5 heteroatoms. The van der Waals surface area contributed by atoms with Gasteiger partial charge in [-0.25, -0.2) is 0 Å². The van der Waals surface area contributed by atoms with Crippen LogP contribution in [0.25, 0.3) is 0 Å². The second kappa shape index (κ2) is 7.04. The third-order valence-corrected chi connectivity index (χ3v) is 4.01. The summed E-state index contributed by atoms with van der Waals surface area (Å²) in [5, 5.41) is 2.86. The standard InChI is InChI=1S/C16H18N2O2S/c1-11-4-3-5-14(17)16(11)18-15(19)10-21-13-8-6-12(20-2)7-9-13/h3-9H,10,17H2,1-2H3,(H,18,19). The Morgan fingerprint density at radius 3 is 2.57 bits per heavy atom. The molecule has 2 aromatic carbocycles. The van der Waals surface area contributed by atoms with Gasteiger partial charge in [0.05, 0.1) is 24.2 Å². The average molecular weight is 302 g/mol. The normalized spacial score (nSPS) is 10.2. The Hall–Kier alpha value is -2.14. The molecule has 0 aliphatic heterocycles. The maximum atomic E-state index is 12.0. The highest BCUT2D eigenvalue weighted by Crippen LogP contribution is 2.24. The fraction of sp³-hybridized carbons (Fsp3) is 0.188. The molecule has 2 aromatic rings. The van der Waals surface area contributed by atoms with Gasteiger partial charge in [0, 0.05) is 4.90 Å². The molecule has 110 valence electrons. The van der Waals surface area contributed by atoms with Crippen LogP contribution in [0.4, 0.5) is 11.4 Å². The van der Waals surface area contributed by atoms with Crippen molar-refractivity contribution in [2.24, 2.45) is 0 Å². The molecule has 3 N–H and O–H groups in total. The van der Waals surface area contributed by atoms with Crippen LogP contribution in [0.1, 0.15) is 5.56 Å². The highest BCUT2D eigenvalue weighted by atomic mass is 32.2. The number of aryl methyl sites for hydroxylation is 1. The SMILES string of the molecule is COc1ccc(SCC(=O)Nc2c(C)cccc2N)cc1. The van der Waals surface area contributed by atoms with Crippen LogP contribution in [0.15, 0.2) is 47.4 Å². The van der Waals surface area contributed by atoms with Crippen LogP contribution >= 0.6 is 11.8 Å². The van der Waals surface area contributed by atoms with Gasteiger partial charge in [0.2, 0.25) is 5.91 Å². The maximum absolute atomic E-state index is 12.0. The number of nitrogens with two attached hydrogens (primary N) is 1. The van der Waals surface area contributed by atoms with Crippen molar-refractivity contribution in [2.45, 2.75) is 11.8 Å². The molecule has 0 unspecified atom stereocenters. The number of rotatable bonds is 5. The van der Waals surface area contributed by atoms with Gasteiger partial charge >= 0.3 is 0 Å². The minimum absolute atomic E-state index is 0.0724. The molecule has 0 bridgehead atoms. The summed E-state index contributed by atoms with van der Waals surface area (Å²) in [5.41, 5.74) is 8.10. The molecule has 0 aromatic heterocycles. The topological polar surface area (TPSA) is 64.3 Å². The van der Waals surface area contributed by atoms with Crippen LogP contribution in [0.2, 0.25) is 0 Å². The van der Waals surface area contributed by atoms with Crippen molar-refractivity contribution in [2.75, 3.05) is 23.9 Å². The van der Waals surface area contributed by atoms with E-state index in [9.17, 15) is 4.79 Å². The number of para-hydroxylation sites is 1. The predicted molar refractivity (Wildman–Crippen MR) is 87.9 cm³/mol. The Morgan fingerprint density at radius 1 is 1.24 bits per heavy atom. The Morgan fingerprint density at radius 2 is 1.95 bits per heavy atom. The van der Waals surface area contributed by atoms with Crippen molar-refractivity contribution in [3.8, 4) is 5.75 Å². The molecule has 0 saturated heterocycles. The lowest BCUT2D eigenvalue weighted by molar-refractivity contribution is -0.113. The number of ether oxygens (including phenoxy) is 1. The van der Waals surface area contributed by atoms with E-state index < -0.39 is 0 Å². The van der Waals surface area contributed by atoms with E-state index in [-0.39, 0.29) is 5.91 Å². The van der Waals surface area contributed by atoms with E-state index in [0.717, 1.165) is 16.2 Å². The summed E-state index contributed by atoms with van der Waals surface area (Å²) in [6.45, 7) is 1.92. The van der Waals surface area contributed by atoms with Gasteiger partial charge < -0.3 is 15.8 Å². The van der Waals surface area contributed by atoms with Crippen molar-refractivity contribution in [1.82, 2.24) is 0 Å². The molecule has 0 saturated carbocycles. The fourth-order valence-electron chi connectivity index (χ4n) is 1.86. The largest absolute Gasteiger partial charge is 0.497 e. The number of nitrogen functional groups attached to an aromatic ring is 1. The molecule has 0 fully saturated rings. The monoisotopic (exact) mass is 302 g/mol. The van der Waals surface area contributed by atoms with Crippen LogP contribution in [0.3, 0.4) is 0 Å².